The highest BCUT2D eigenvalue weighted by Gasteiger charge is 2.33. The molecule has 0 unspecified atom stereocenters. The molecule has 2 aromatic rings. The SMILES string of the molecule is CCOC(=O)CCCCNc1ccc(OCC)c(C(=O)Nc2ccc(Cl)c(C(F)(F)F)c2)c1. The van der Waals surface area contributed by atoms with Crippen LogP contribution in [0, 0.1) is 0 Å². The van der Waals surface area contributed by atoms with E-state index in [1.54, 1.807) is 32.0 Å². The first-order valence-corrected chi connectivity index (χ1v) is 10.9. The van der Waals surface area contributed by atoms with Gasteiger partial charge in [-0.15, -0.1) is 0 Å². The van der Waals surface area contributed by atoms with Gasteiger partial charge in [-0.2, -0.15) is 13.2 Å². The van der Waals surface area contributed by atoms with Gasteiger partial charge in [0.1, 0.15) is 5.75 Å². The molecule has 0 saturated heterocycles. The average molecular weight is 487 g/mol. The van der Waals surface area contributed by atoms with Crippen LogP contribution in [0.2, 0.25) is 5.02 Å². The number of alkyl halides is 3. The van der Waals surface area contributed by atoms with Crippen LogP contribution in [-0.2, 0) is 15.7 Å². The van der Waals surface area contributed by atoms with E-state index in [0.717, 1.165) is 12.1 Å². The molecule has 0 saturated carbocycles. The second-order valence-electron chi connectivity index (χ2n) is 6.98. The molecule has 0 spiro atoms. The molecule has 1 amide bonds. The lowest BCUT2D eigenvalue weighted by atomic mass is 10.1. The van der Waals surface area contributed by atoms with Gasteiger partial charge in [-0.25, -0.2) is 0 Å². The molecule has 0 atom stereocenters. The molecule has 0 fully saturated rings. The van der Waals surface area contributed by atoms with Crippen LogP contribution in [0.4, 0.5) is 24.5 Å². The number of hydrogen-bond donors (Lipinski definition) is 2. The Morgan fingerprint density at radius 2 is 1.73 bits per heavy atom. The Morgan fingerprint density at radius 3 is 2.39 bits per heavy atom. The van der Waals surface area contributed by atoms with Crippen LogP contribution in [-0.4, -0.2) is 31.6 Å². The van der Waals surface area contributed by atoms with E-state index >= 15 is 0 Å². The zero-order valence-corrected chi connectivity index (χ0v) is 19.1. The van der Waals surface area contributed by atoms with Crippen LogP contribution in [0.15, 0.2) is 36.4 Å². The molecule has 0 radical (unpaired) electrons. The van der Waals surface area contributed by atoms with E-state index < -0.39 is 22.7 Å². The van der Waals surface area contributed by atoms with Crippen molar-refractivity contribution >= 4 is 34.9 Å². The van der Waals surface area contributed by atoms with Crippen molar-refractivity contribution < 1.29 is 32.2 Å². The quantitative estimate of drug-likeness (QED) is 0.294. The number of nitrogens with one attached hydrogen (secondary N) is 2. The van der Waals surface area contributed by atoms with E-state index in [1.807, 2.05) is 0 Å². The molecule has 6 nitrogen and oxygen atoms in total. The maximum Gasteiger partial charge on any atom is 0.417 e. The third-order valence-corrected chi connectivity index (χ3v) is 4.83. The zero-order chi connectivity index (χ0) is 24.4. The number of benzene rings is 2. The standard InChI is InChI=1S/C23H26ClF3N2O4/c1-3-32-20-11-9-15(28-12-6-5-7-21(30)33-4-2)13-17(20)22(31)29-16-8-10-19(24)18(14-16)23(25,26)27/h8-11,13-14,28H,3-7,12H2,1-2H3,(H,29,31). The molecule has 0 aliphatic carbocycles. The van der Waals surface area contributed by atoms with Gasteiger partial charge in [-0.05, 0) is 63.1 Å². The van der Waals surface area contributed by atoms with Gasteiger partial charge in [-0.1, -0.05) is 11.6 Å². The van der Waals surface area contributed by atoms with Crippen LogP contribution < -0.4 is 15.4 Å². The summed E-state index contributed by atoms with van der Waals surface area (Å²) in [4.78, 5) is 24.2. The number of carbonyl (C=O) groups excluding carboxylic acids is 2. The third kappa shape index (κ3) is 8.16. The van der Waals surface area contributed by atoms with Crippen molar-refractivity contribution in [2.45, 2.75) is 39.3 Å². The number of amides is 1. The summed E-state index contributed by atoms with van der Waals surface area (Å²) < 4.78 is 49.7. The van der Waals surface area contributed by atoms with Crippen molar-refractivity contribution in [2.75, 3.05) is 30.4 Å². The van der Waals surface area contributed by atoms with Gasteiger partial charge >= 0.3 is 12.1 Å². The van der Waals surface area contributed by atoms with Gasteiger partial charge in [0.05, 0.1) is 29.4 Å². The van der Waals surface area contributed by atoms with Crippen LogP contribution in [0.5, 0.6) is 5.75 Å². The Bertz CT molecular complexity index is 967. The topological polar surface area (TPSA) is 76.7 Å². The summed E-state index contributed by atoms with van der Waals surface area (Å²) in [6.45, 7) is 4.72. The summed E-state index contributed by atoms with van der Waals surface area (Å²) in [6, 6.07) is 8.07. The number of anilines is 2. The lowest BCUT2D eigenvalue weighted by Crippen LogP contribution is -2.15. The second-order valence-corrected chi connectivity index (χ2v) is 7.39. The van der Waals surface area contributed by atoms with Crippen LogP contribution in [0.1, 0.15) is 49.0 Å². The molecule has 2 aromatic carbocycles. The van der Waals surface area contributed by atoms with Crippen molar-refractivity contribution in [2.24, 2.45) is 0 Å². The van der Waals surface area contributed by atoms with Gasteiger partial charge in [-0.3, -0.25) is 9.59 Å². The highest BCUT2D eigenvalue weighted by molar-refractivity contribution is 6.31. The van der Waals surface area contributed by atoms with Gasteiger partial charge in [0.25, 0.3) is 5.91 Å². The summed E-state index contributed by atoms with van der Waals surface area (Å²) in [5.74, 6) is -0.568. The maximum absolute atomic E-state index is 13.1. The second kappa shape index (κ2) is 12.3. The number of rotatable bonds is 11. The number of carbonyl (C=O) groups is 2. The lowest BCUT2D eigenvalue weighted by Gasteiger charge is -2.15. The van der Waals surface area contributed by atoms with Crippen LogP contribution >= 0.6 is 11.6 Å². The van der Waals surface area contributed by atoms with Gasteiger partial charge < -0.3 is 20.1 Å². The Morgan fingerprint density at radius 1 is 1.00 bits per heavy atom. The Balaban J connectivity index is 2.09. The number of hydrogen-bond acceptors (Lipinski definition) is 5. The Hall–Kier alpha value is -2.94. The van der Waals surface area contributed by atoms with Crippen molar-refractivity contribution in [1.82, 2.24) is 0 Å². The molecule has 0 aliphatic heterocycles. The largest absolute Gasteiger partial charge is 0.493 e. The summed E-state index contributed by atoms with van der Waals surface area (Å²) in [5, 5.41) is 5.18. The average Bonchev–Trinajstić information content (AvgIpc) is 2.75. The molecule has 0 aliphatic rings. The molecule has 33 heavy (non-hydrogen) atoms. The smallest absolute Gasteiger partial charge is 0.417 e. The summed E-state index contributed by atoms with van der Waals surface area (Å²) in [5.41, 5.74) is -0.287. The molecule has 10 heteroatoms. The molecule has 0 aromatic heterocycles. The zero-order valence-electron chi connectivity index (χ0n) is 18.4. The summed E-state index contributed by atoms with van der Waals surface area (Å²) in [7, 11) is 0. The lowest BCUT2D eigenvalue weighted by molar-refractivity contribution is -0.143. The van der Waals surface area contributed by atoms with Gasteiger partial charge in [0, 0.05) is 24.3 Å². The monoisotopic (exact) mass is 486 g/mol. The number of esters is 1. The van der Waals surface area contributed by atoms with Gasteiger partial charge in [0.15, 0.2) is 0 Å². The summed E-state index contributed by atoms with van der Waals surface area (Å²) in [6.07, 6.45) is -2.97. The molecule has 180 valence electrons. The van der Waals surface area contributed by atoms with E-state index in [2.05, 4.69) is 10.6 Å². The van der Waals surface area contributed by atoms with E-state index in [9.17, 15) is 22.8 Å². The van der Waals surface area contributed by atoms with Crippen molar-refractivity contribution in [1.29, 1.82) is 0 Å². The highest BCUT2D eigenvalue weighted by Crippen LogP contribution is 2.36. The van der Waals surface area contributed by atoms with Crippen molar-refractivity contribution in [3.8, 4) is 5.75 Å². The van der Waals surface area contributed by atoms with Crippen LogP contribution in [0.25, 0.3) is 0 Å². The van der Waals surface area contributed by atoms with Crippen LogP contribution in [0.3, 0.4) is 0 Å². The van der Waals surface area contributed by atoms with E-state index in [4.69, 9.17) is 21.1 Å². The van der Waals surface area contributed by atoms with E-state index in [-0.39, 0.29) is 17.2 Å². The number of halogens is 4. The first-order chi connectivity index (χ1) is 15.7. The Labute approximate surface area is 195 Å². The third-order valence-electron chi connectivity index (χ3n) is 4.50. The predicted molar refractivity (Wildman–Crippen MR) is 121 cm³/mol. The van der Waals surface area contributed by atoms with Gasteiger partial charge in [0.2, 0.25) is 0 Å². The Kier molecular flexibility index (Phi) is 9.84. The minimum absolute atomic E-state index is 0.0449. The molecular weight excluding hydrogens is 461 g/mol. The molecule has 2 rings (SSSR count). The normalized spacial score (nSPS) is 11.1. The van der Waals surface area contributed by atoms with Crippen molar-refractivity contribution in [3.05, 3.63) is 52.5 Å². The first-order valence-electron chi connectivity index (χ1n) is 10.5. The number of ether oxygens (including phenoxy) is 2. The highest BCUT2D eigenvalue weighted by atomic mass is 35.5. The predicted octanol–water partition coefficient (Wildman–Crippen LogP) is 6.16. The minimum Gasteiger partial charge on any atom is -0.493 e. The maximum atomic E-state index is 13.1. The fraction of sp³-hybridized carbons (Fsp3) is 0.391. The molecule has 0 heterocycles. The molecule has 2 N–H and O–H groups in total. The van der Waals surface area contributed by atoms with E-state index in [0.29, 0.717) is 50.5 Å². The molecule has 0 bridgehead atoms. The fourth-order valence-corrected chi connectivity index (χ4v) is 3.20. The van der Waals surface area contributed by atoms with Crippen molar-refractivity contribution in [3.63, 3.8) is 0 Å². The minimum atomic E-state index is -4.65. The first kappa shape index (κ1) is 26.3. The fourth-order valence-electron chi connectivity index (χ4n) is 2.98. The summed E-state index contributed by atoms with van der Waals surface area (Å²) >= 11 is 5.64. The molecular formula is C23H26ClF3N2O4. The van der Waals surface area contributed by atoms with E-state index in [1.165, 1.54) is 6.07 Å². The number of unbranched alkanes of at least 4 members (excludes halogenated alkanes) is 1.